The summed E-state index contributed by atoms with van der Waals surface area (Å²) in [6.45, 7) is 8.80. The summed E-state index contributed by atoms with van der Waals surface area (Å²) in [5.74, 6) is -2.30. The van der Waals surface area contributed by atoms with Gasteiger partial charge in [-0.05, 0) is 46.8 Å². The van der Waals surface area contributed by atoms with Crippen molar-refractivity contribution in [3.63, 3.8) is 0 Å². The summed E-state index contributed by atoms with van der Waals surface area (Å²) in [6.07, 6.45) is -5.53. The van der Waals surface area contributed by atoms with E-state index in [2.05, 4.69) is 4.98 Å². The number of ether oxygens (including phenoxy) is 1. The number of alkyl halides is 3. The van der Waals surface area contributed by atoms with E-state index < -0.39 is 53.1 Å². The summed E-state index contributed by atoms with van der Waals surface area (Å²) >= 11 is 0. The highest BCUT2D eigenvalue weighted by Gasteiger charge is 2.39. The number of rotatable bonds is 1. The second-order valence-electron chi connectivity index (χ2n) is 7.81. The Labute approximate surface area is 160 Å². The van der Waals surface area contributed by atoms with Gasteiger partial charge < -0.3 is 14.5 Å². The molecule has 1 aliphatic heterocycles. The van der Waals surface area contributed by atoms with E-state index in [-0.39, 0.29) is 13.1 Å². The molecule has 1 aromatic heterocycles. The minimum atomic E-state index is -5.01. The van der Waals surface area contributed by atoms with Crippen LogP contribution in [0.4, 0.5) is 22.4 Å². The monoisotopic (exact) mass is 405 g/mol. The maximum atomic E-state index is 13.4. The van der Waals surface area contributed by atoms with Gasteiger partial charge >= 0.3 is 12.3 Å². The van der Waals surface area contributed by atoms with E-state index in [0.29, 0.717) is 6.07 Å². The van der Waals surface area contributed by atoms with Crippen molar-refractivity contribution < 1.29 is 31.9 Å². The number of carbonyl (C=O) groups excluding carboxylic acids is 2. The number of hydrogen-bond donors (Lipinski definition) is 0. The normalized spacial score (nSPS) is 20.9. The van der Waals surface area contributed by atoms with Crippen LogP contribution >= 0.6 is 0 Å². The molecule has 2 atom stereocenters. The molecule has 2 rings (SSSR count). The first-order valence-electron chi connectivity index (χ1n) is 8.75. The zero-order valence-electron chi connectivity index (χ0n) is 16.3. The maximum Gasteiger partial charge on any atom is 0.436 e. The first-order valence-corrected chi connectivity index (χ1v) is 8.75. The van der Waals surface area contributed by atoms with Crippen molar-refractivity contribution >= 4 is 12.0 Å². The van der Waals surface area contributed by atoms with Crippen LogP contribution in [0.25, 0.3) is 0 Å². The molecule has 1 aromatic rings. The smallest absolute Gasteiger partial charge is 0.436 e. The van der Waals surface area contributed by atoms with Gasteiger partial charge in [0.2, 0.25) is 0 Å². The second-order valence-corrected chi connectivity index (χ2v) is 7.81. The van der Waals surface area contributed by atoms with E-state index in [1.54, 1.807) is 34.6 Å². The predicted octanol–water partition coefficient (Wildman–Crippen LogP) is 3.71. The Morgan fingerprint density at radius 2 is 1.61 bits per heavy atom. The van der Waals surface area contributed by atoms with Crippen LogP contribution in [0.3, 0.4) is 0 Å². The number of piperazine rings is 1. The fourth-order valence-corrected chi connectivity index (χ4v) is 2.89. The van der Waals surface area contributed by atoms with E-state index in [4.69, 9.17) is 4.74 Å². The molecule has 2 heterocycles. The van der Waals surface area contributed by atoms with Crippen LogP contribution in [-0.2, 0) is 10.9 Å². The highest BCUT2D eigenvalue weighted by Crippen LogP contribution is 2.30. The molecule has 2 amide bonds. The molecular weight excluding hydrogens is 382 g/mol. The lowest BCUT2D eigenvalue weighted by Gasteiger charge is -2.44. The van der Waals surface area contributed by atoms with Gasteiger partial charge in [0.05, 0.1) is 0 Å². The van der Waals surface area contributed by atoms with Crippen molar-refractivity contribution in [1.82, 2.24) is 14.8 Å². The summed E-state index contributed by atoms with van der Waals surface area (Å²) in [7, 11) is 0. The average Bonchev–Trinajstić information content (AvgIpc) is 2.53. The molecule has 10 heteroatoms. The molecule has 6 nitrogen and oxygen atoms in total. The lowest BCUT2D eigenvalue weighted by atomic mass is 10.1. The SMILES string of the molecule is C[C@@H]1CN(C(=O)OC(C)(C)C)[C@@H](C)CN1C(=O)c1ccc(F)c(C(F)(F)F)n1. The number of nitrogens with zero attached hydrogens (tertiary/aromatic N) is 3. The molecule has 0 N–H and O–H groups in total. The van der Waals surface area contributed by atoms with Crippen molar-refractivity contribution in [3.8, 4) is 0 Å². The van der Waals surface area contributed by atoms with Crippen molar-refractivity contribution in [2.24, 2.45) is 0 Å². The third-order valence-electron chi connectivity index (χ3n) is 4.21. The van der Waals surface area contributed by atoms with Crippen LogP contribution in [-0.4, -0.2) is 57.6 Å². The molecule has 0 saturated carbocycles. The first kappa shape index (κ1) is 21.9. The van der Waals surface area contributed by atoms with E-state index >= 15 is 0 Å². The summed E-state index contributed by atoms with van der Waals surface area (Å²) in [5.41, 5.74) is -2.91. The van der Waals surface area contributed by atoms with Crippen LogP contribution in [0, 0.1) is 5.82 Å². The van der Waals surface area contributed by atoms with Gasteiger partial charge in [0.15, 0.2) is 11.5 Å². The standard InChI is InChI=1S/C18H23F4N3O3/c1-10-9-25(16(27)28-17(3,4)5)11(2)8-24(10)15(26)13-7-6-12(19)14(23-13)18(20,21)22/h6-7,10-11H,8-9H2,1-5H3/t10-,11+/m1/s1. The number of aromatic nitrogens is 1. The molecule has 0 bridgehead atoms. The number of carbonyl (C=O) groups is 2. The fraction of sp³-hybridized carbons (Fsp3) is 0.611. The van der Waals surface area contributed by atoms with Crippen molar-refractivity contribution in [1.29, 1.82) is 0 Å². The fourth-order valence-electron chi connectivity index (χ4n) is 2.89. The molecule has 1 saturated heterocycles. The molecule has 1 aliphatic rings. The third kappa shape index (κ3) is 4.90. The molecule has 0 radical (unpaired) electrons. The average molecular weight is 405 g/mol. The minimum Gasteiger partial charge on any atom is -0.444 e. The molecule has 1 fully saturated rings. The quantitative estimate of drug-likeness (QED) is 0.669. The van der Waals surface area contributed by atoms with Crippen molar-refractivity contribution in [3.05, 3.63) is 29.3 Å². The number of halogens is 4. The lowest BCUT2D eigenvalue weighted by Crippen LogP contribution is -2.60. The van der Waals surface area contributed by atoms with Gasteiger partial charge in [0.25, 0.3) is 5.91 Å². The predicted molar refractivity (Wildman–Crippen MR) is 92.1 cm³/mol. The Balaban J connectivity index is 2.20. The zero-order chi connectivity index (χ0) is 21.4. The van der Waals surface area contributed by atoms with E-state index in [0.717, 1.165) is 6.07 Å². The van der Waals surface area contributed by atoms with Crippen LogP contribution in [0.2, 0.25) is 0 Å². The Morgan fingerprint density at radius 1 is 1.07 bits per heavy atom. The van der Waals surface area contributed by atoms with Crippen molar-refractivity contribution in [2.75, 3.05) is 13.1 Å². The third-order valence-corrected chi connectivity index (χ3v) is 4.21. The minimum absolute atomic E-state index is 0.0830. The van der Waals surface area contributed by atoms with Crippen LogP contribution < -0.4 is 0 Å². The van der Waals surface area contributed by atoms with E-state index in [9.17, 15) is 27.2 Å². The lowest BCUT2D eigenvalue weighted by molar-refractivity contribution is -0.143. The molecule has 0 aromatic carbocycles. The van der Waals surface area contributed by atoms with Crippen LogP contribution in [0.5, 0.6) is 0 Å². The van der Waals surface area contributed by atoms with Gasteiger partial charge in [-0.25, -0.2) is 14.2 Å². The molecule has 156 valence electrons. The van der Waals surface area contributed by atoms with Crippen LogP contribution in [0.15, 0.2) is 12.1 Å². The summed E-state index contributed by atoms with van der Waals surface area (Å²) in [6, 6.07) is 0.591. The Morgan fingerprint density at radius 3 is 2.14 bits per heavy atom. The van der Waals surface area contributed by atoms with Gasteiger partial charge in [0, 0.05) is 25.2 Å². The van der Waals surface area contributed by atoms with E-state index in [1.807, 2.05) is 0 Å². The maximum absolute atomic E-state index is 13.4. The molecule has 28 heavy (non-hydrogen) atoms. The van der Waals surface area contributed by atoms with Crippen LogP contribution in [0.1, 0.15) is 50.8 Å². The first-order chi connectivity index (χ1) is 12.7. The summed E-state index contributed by atoms with van der Waals surface area (Å²) in [5, 5.41) is 0. The summed E-state index contributed by atoms with van der Waals surface area (Å²) in [4.78, 5) is 31.0. The Kier molecular flexibility index (Phi) is 5.91. The molecular formula is C18H23F4N3O3. The van der Waals surface area contributed by atoms with Gasteiger partial charge in [0.1, 0.15) is 11.3 Å². The Hall–Kier alpha value is -2.39. The van der Waals surface area contributed by atoms with Gasteiger partial charge in [-0.2, -0.15) is 13.2 Å². The second kappa shape index (κ2) is 7.56. The molecule has 0 spiro atoms. The Bertz CT molecular complexity index is 761. The number of pyridine rings is 1. The zero-order valence-corrected chi connectivity index (χ0v) is 16.3. The summed E-state index contributed by atoms with van der Waals surface area (Å²) < 4.78 is 57.4. The van der Waals surface area contributed by atoms with Crippen molar-refractivity contribution in [2.45, 2.75) is 58.5 Å². The molecule has 0 aliphatic carbocycles. The number of amides is 2. The highest BCUT2D eigenvalue weighted by atomic mass is 19.4. The van der Waals surface area contributed by atoms with Gasteiger partial charge in [-0.3, -0.25) is 4.79 Å². The largest absolute Gasteiger partial charge is 0.444 e. The number of hydrogen-bond acceptors (Lipinski definition) is 4. The topological polar surface area (TPSA) is 62.7 Å². The van der Waals surface area contributed by atoms with E-state index in [1.165, 1.54) is 9.80 Å². The highest BCUT2D eigenvalue weighted by molar-refractivity contribution is 5.92. The van der Waals surface area contributed by atoms with Gasteiger partial charge in [-0.1, -0.05) is 0 Å². The van der Waals surface area contributed by atoms with Gasteiger partial charge in [-0.15, -0.1) is 0 Å². The molecule has 0 unspecified atom stereocenters.